The van der Waals surface area contributed by atoms with Gasteiger partial charge in [-0.2, -0.15) is 0 Å². The van der Waals surface area contributed by atoms with E-state index in [0.717, 1.165) is 13.0 Å². The van der Waals surface area contributed by atoms with Crippen molar-refractivity contribution >= 4 is 5.91 Å². The predicted octanol–water partition coefficient (Wildman–Crippen LogP) is -0.548. The summed E-state index contributed by atoms with van der Waals surface area (Å²) in [5.74, 6) is 0.339. The quantitative estimate of drug-likeness (QED) is 0.622. The van der Waals surface area contributed by atoms with Crippen LogP contribution in [-0.2, 0) is 9.53 Å². The van der Waals surface area contributed by atoms with Crippen LogP contribution >= 0.6 is 0 Å². The molecule has 5 nitrogen and oxygen atoms in total. The minimum absolute atomic E-state index is 0.00111. The number of nitrogens with one attached hydrogen (secondary N) is 1. The second-order valence-electron chi connectivity index (χ2n) is 4.41. The van der Waals surface area contributed by atoms with E-state index in [9.17, 15) is 9.90 Å². The minimum Gasteiger partial charge on any atom is -0.392 e. The highest BCUT2D eigenvalue weighted by molar-refractivity contribution is 5.77. The Morgan fingerprint density at radius 2 is 2.38 bits per heavy atom. The predicted molar refractivity (Wildman–Crippen MR) is 61.1 cm³/mol. The van der Waals surface area contributed by atoms with Gasteiger partial charge in [0.1, 0.15) is 0 Å². The average Bonchev–Trinajstić information content (AvgIpc) is 2.24. The van der Waals surface area contributed by atoms with E-state index in [1.54, 1.807) is 7.11 Å². The first kappa shape index (κ1) is 13.4. The van der Waals surface area contributed by atoms with Crippen LogP contribution in [0.4, 0.5) is 0 Å². The number of carbonyl (C=O) groups is 1. The standard InChI is InChI=1S/C11H22N2O3/c1-9-3-5-13(7-10(9)14)8-11(15)12-4-6-16-2/h9-10,14H,3-8H2,1-2H3,(H,12,15). The van der Waals surface area contributed by atoms with Crippen molar-refractivity contribution in [3.8, 4) is 0 Å². The number of β-amino-alcohol motifs (C(OH)–C–C–N with tert-alkyl or cyclic N) is 1. The molecule has 1 fully saturated rings. The molecule has 94 valence electrons. The molecule has 5 heteroatoms. The molecule has 1 aliphatic rings. The fourth-order valence-electron chi connectivity index (χ4n) is 1.81. The fraction of sp³-hybridized carbons (Fsp3) is 0.909. The molecule has 0 radical (unpaired) electrons. The highest BCUT2D eigenvalue weighted by Gasteiger charge is 2.25. The lowest BCUT2D eigenvalue weighted by Crippen LogP contribution is -2.47. The molecule has 1 aliphatic heterocycles. The van der Waals surface area contributed by atoms with Crippen LogP contribution in [0.15, 0.2) is 0 Å². The van der Waals surface area contributed by atoms with Crippen molar-refractivity contribution in [2.24, 2.45) is 5.92 Å². The third kappa shape index (κ3) is 4.47. The van der Waals surface area contributed by atoms with Crippen molar-refractivity contribution in [2.75, 3.05) is 39.9 Å². The van der Waals surface area contributed by atoms with Crippen LogP contribution in [0.2, 0.25) is 0 Å². The van der Waals surface area contributed by atoms with Gasteiger partial charge in [0.2, 0.25) is 5.91 Å². The summed E-state index contributed by atoms with van der Waals surface area (Å²) in [6.07, 6.45) is 0.646. The number of methoxy groups -OCH3 is 1. The van der Waals surface area contributed by atoms with Gasteiger partial charge in [-0.25, -0.2) is 0 Å². The maximum Gasteiger partial charge on any atom is 0.234 e. The number of rotatable bonds is 5. The van der Waals surface area contributed by atoms with Gasteiger partial charge in [0.15, 0.2) is 0 Å². The first-order valence-electron chi connectivity index (χ1n) is 5.79. The summed E-state index contributed by atoms with van der Waals surface area (Å²) < 4.78 is 4.85. The summed E-state index contributed by atoms with van der Waals surface area (Å²) in [6, 6.07) is 0. The lowest BCUT2D eigenvalue weighted by molar-refractivity contribution is -0.123. The van der Waals surface area contributed by atoms with Crippen LogP contribution in [0.1, 0.15) is 13.3 Å². The molecule has 0 aliphatic carbocycles. The normalized spacial score (nSPS) is 26.7. The van der Waals surface area contributed by atoms with Gasteiger partial charge < -0.3 is 15.2 Å². The molecule has 0 aromatic carbocycles. The smallest absolute Gasteiger partial charge is 0.234 e. The summed E-state index contributed by atoms with van der Waals surface area (Å²) in [7, 11) is 1.61. The number of piperidine rings is 1. The van der Waals surface area contributed by atoms with E-state index in [-0.39, 0.29) is 12.0 Å². The first-order chi connectivity index (χ1) is 7.63. The molecule has 0 bridgehead atoms. The molecule has 1 rings (SSSR count). The number of ether oxygens (including phenoxy) is 1. The van der Waals surface area contributed by atoms with E-state index in [2.05, 4.69) is 5.32 Å². The van der Waals surface area contributed by atoms with E-state index in [1.165, 1.54) is 0 Å². The summed E-state index contributed by atoms with van der Waals surface area (Å²) >= 11 is 0. The number of hydrogen-bond acceptors (Lipinski definition) is 4. The Labute approximate surface area is 96.8 Å². The first-order valence-corrected chi connectivity index (χ1v) is 5.79. The molecule has 2 unspecified atom stereocenters. The lowest BCUT2D eigenvalue weighted by Gasteiger charge is -2.33. The van der Waals surface area contributed by atoms with Gasteiger partial charge in [-0.05, 0) is 18.9 Å². The summed E-state index contributed by atoms with van der Waals surface area (Å²) in [4.78, 5) is 13.5. The maximum atomic E-state index is 11.5. The SMILES string of the molecule is COCCNC(=O)CN1CCC(C)C(O)C1. The van der Waals surface area contributed by atoms with Crippen molar-refractivity contribution in [2.45, 2.75) is 19.4 Å². The van der Waals surface area contributed by atoms with Gasteiger partial charge in [0, 0.05) is 20.2 Å². The molecule has 1 amide bonds. The molecule has 2 atom stereocenters. The van der Waals surface area contributed by atoms with Crippen LogP contribution in [0.3, 0.4) is 0 Å². The van der Waals surface area contributed by atoms with Crippen LogP contribution < -0.4 is 5.32 Å². The summed E-state index contributed by atoms with van der Waals surface area (Å²) in [6.45, 7) is 4.97. The van der Waals surface area contributed by atoms with Gasteiger partial charge in [-0.1, -0.05) is 6.92 Å². The zero-order valence-corrected chi connectivity index (χ0v) is 10.1. The van der Waals surface area contributed by atoms with Crippen LogP contribution in [-0.4, -0.2) is 61.9 Å². The van der Waals surface area contributed by atoms with Gasteiger partial charge in [0.25, 0.3) is 0 Å². The number of nitrogens with zero attached hydrogens (tertiary/aromatic N) is 1. The van der Waals surface area contributed by atoms with Crippen LogP contribution in [0.5, 0.6) is 0 Å². The van der Waals surface area contributed by atoms with Gasteiger partial charge in [0.05, 0.1) is 19.3 Å². The Kier molecular flexibility index (Phi) is 5.73. The zero-order chi connectivity index (χ0) is 12.0. The number of amides is 1. The highest BCUT2D eigenvalue weighted by atomic mass is 16.5. The Morgan fingerprint density at radius 3 is 3.00 bits per heavy atom. The van der Waals surface area contributed by atoms with Crippen molar-refractivity contribution in [1.29, 1.82) is 0 Å². The molecule has 0 saturated carbocycles. The van der Waals surface area contributed by atoms with E-state index >= 15 is 0 Å². The number of carbonyl (C=O) groups excluding carboxylic acids is 1. The average molecular weight is 230 g/mol. The number of aliphatic hydroxyl groups excluding tert-OH is 1. The van der Waals surface area contributed by atoms with E-state index < -0.39 is 0 Å². The fourth-order valence-corrected chi connectivity index (χ4v) is 1.81. The molecular weight excluding hydrogens is 208 g/mol. The monoisotopic (exact) mass is 230 g/mol. The van der Waals surface area contributed by atoms with E-state index in [4.69, 9.17) is 4.74 Å². The Balaban J connectivity index is 2.19. The van der Waals surface area contributed by atoms with Gasteiger partial charge >= 0.3 is 0 Å². The molecule has 0 aromatic rings. The van der Waals surface area contributed by atoms with Crippen LogP contribution in [0, 0.1) is 5.92 Å². The van der Waals surface area contributed by atoms with Gasteiger partial charge in [-0.3, -0.25) is 9.69 Å². The molecule has 1 saturated heterocycles. The topological polar surface area (TPSA) is 61.8 Å². The maximum absolute atomic E-state index is 11.5. The third-order valence-electron chi connectivity index (χ3n) is 3.00. The summed E-state index contributed by atoms with van der Waals surface area (Å²) in [5, 5.41) is 12.5. The molecule has 0 spiro atoms. The van der Waals surface area contributed by atoms with E-state index in [0.29, 0.717) is 32.2 Å². The number of hydrogen-bond donors (Lipinski definition) is 2. The molecular formula is C11H22N2O3. The van der Waals surface area contributed by atoms with Crippen molar-refractivity contribution < 1.29 is 14.6 Å². The Bertz CT molecular complexity index is 223. The van der Waals surface area contributed by atoms with Crippen molar-refractivity contribution in [3.05, 3.63) is 0 Å². The molecule has 0 aromatic heterocycles. The number of aliphatic hydroxyl groups is 1. The van der Waals surface area contributed by atoms with E-state index in [1.807, 2.05) is 11.8 Å². The zero-order valence-electron chi connectivity index (χ0n) is 10.1. The van der Waals surface area contributed by atoms with Crippen LogP contribution in [0.25, 0.3) is 0 Å². The lowest BCUT2D eigenvalue weighted by atomic mass is 9.96. The highest BCUT2D eigenvalue weighted by Crippen LogP contribution is 2.16. The van der Waals surface area contributed by atoms with Crippen molar-refractivity contribution in [3.63, 3.8) is 0 Å². The molecule has 16 heavy (non-hydrogen) atoms. The van der Waals surface area contributed by atoms with Crippen molar-refractivity contribution in [1.82, 2.24) is 10.2 Å². The minimum atomic E-state index is -0.305. The second-order valence-corrected chi connectivity index (χ2v) is 4.41. The number of likely N-dealkylation sites (tertiary alicyclic amines) is 1. The third-order valence-corrected chi connectivity index (χ3v) is 3.00. The van der Waals surface area contributed by atoms with Gasteiger partial charge in [-0.15, -0.1) is 0 Å². The molecule has 2 N–H and O–H groups in total. The Hall–Kier alpha value is -0.650. The Morgan fingerprint density at radius 1 is 1.62 bits per heavy atom. The second kappa shape index (κ2) is 6.83. The molecule has 1 heterocycles. The summed E-state index contributed by atoms with van der Waals surface area (Å²) in [5.41, 5.74) is 0. The largest absolute Gasteiger partial charge is 0.392 e.